The summed E-state index contributed by atoms with van der Waals surface area (Å²) in [6.07, 6.45) is 0. The molecule has 1 heterocycles. The summed E-state index contributed by atoms with van der Waals surface area (Å²) >= 11 is 0. The second kappa shape index (κ2) is 4.85. The summed E-state index contributed by atoms with van der Waals surface area (Å²) in [5.41, 5.74) is 0.971. The maximum Gasteiger partial charge on any atom is 0.319 e. The Hall–Kier alpha value is -1.75. The van der Waals surface area contributed by atoms with Gasteiger partial charge in [0.2, 0.25) is 6.79 Å². The molecule has 0 amide bonds. The molecular formula is C11H13NO4. The van der Waals surface area contributed by atoms with Gasteiger partial charge >= 0.3 is 5.97 Å². The van der Waals surface area contributed by atoms with Gasteiger partial charge in [0.05, 0.1) is 13.7 Å². The minimum Gasteiger partial charge on any atom is -0.468 e. The van der Waals surface area contributed by atoms with Crippen molar-refractivity contribution in [3.05, 3.63) is 23.8 Å². The van der Waals surface area contributed by atoms with Crippen LogP contribution in [0.3, 0.4) is 0 Å². The first kappa shape index (κ1) is 10.8. The van der Waals surface area contributed by atoms with E-state index in [2.05, 4.69) is 10.1 Å². The van der Waals surface area contributed by atoms with Crippen LogP contribution >= 0.6 is 0 Å². The van der Waals surface area contributed by atoms with Gasteiger partial charge in [-0.2, -0.15) is 0 Å². The summed E-state index contributed by atoms with van der Waals surface area (Å²) in [5.74, 6) is 1.21. The van der Waals surface area contributed by atoms with Crippen molar-refractivity contribution >= 4 is 5.97 Å². The van der Waals surface area contributed by atoms with E-state index in [0.717, 1.165) is 17.1 Å². The van der Waals surface area contributed by atoms with E-state index in [9.17, 15) is 4.79 Å². The minimum absolute atomic E-state index is 0.182. The first-order chi connectivity index (χ1) is 7.81. The van der Waals surface area contributed by atoms with Crippen molar-refractivity contribution in [2.24, 2.45) is 0 Å². The normalized spacial score (nSPS) is 12.6. The largest absolute Gasteiger partial charge is 0.468 e. The Balaban J connectivity index is 1.95. The molecule has 0 aromatic heterocycles. The minimum atomic E-state index is -0.287. The van der Waals surface area contributed by atoms with Crippen molar-refractivity contribution in [3.63, 3.8) is 0 Å². The fourth-order valence-corrected chi connectivity index (χ4v) is 1.50. The molecule has 0 unspecified atom stereocenters. The summed E-state index contributed by atoms with van der Waals surface area (Å²) in [6.45, 7) is 0.978. The third kappa shape index (κ3) is 2.25. The first-order valence-corrected chi connectivity index (χ1v) is 4.96. The van der Waals surface area contributed by atoms with E-state index in [1.54, 1.807) is 0 Å². The fourth-order valence-electron chi connectivity index (χ4n) is 1.50. The van der Waals surface area contributed by atoms with Gasteiger partial charge in [-0.3, -0.25) is 4.79 Å². The molecule has 1 aliphatic heterocycles. The number of carbonyl (C=O) groups is 1. The lowest BCUT2D eigenvalue weighted by molar-refractivity contribution is -0.139. The van der Waals surface area contributed by atoms with Gasteiger partial charge in [0.25, 0.3) is 0 Å². The lowest BCUT2D eigenvalue weighted by atomic mass is 10.2. The van der Waals surface area contributed by atoms with Crippen LogP contribution < -0.4 is 14.8 Å². The number of fused-ring (bicyclic) bond motifs is 1. The molecule has 2 rings (SSSR count). The highest BCUT2D eigenvalue weighted by molar-refractivity contribution is 5.71. The monoisotopic (exact) mass is 223 g/mol. The van der Waals surface area contributed by atoms with Gasteiger partial charge in [-0.25, -0.2) is 0 Å². The average Bonchev–Trinajstić information content (AvgIpc) is 2.77. The predicted molar refractivity (Wildman–Crippen MR) is 56.3 cm³/mol. The Labute approximate surface area is 93.3 Å². The van der Waals surface area contributed by atoms with Crippen molar-refractivity contribution in [2.75, 3.05) is 20.4 Å². The third-order valence-electron chi connectivity index (χ3n) is 2.29. The van der Waals surface area contributed by atoms with Crippen LogP contribution in [0.5, 0.6) is 11.5 Å². The number of methoxy groups -OCH3 is 1. The van der Waals surface area contributed by atoms with Crippen LogP contribution in [-0.2, 0) is 16.1 Å². The molecule has 1 aliphatic rings. The second-order valence-corrected chi connectivity index (χ2v) is 3.33. The fraction of sp³-hybridized carbons (Fsp3) is 0.364. The highest BCUT2D eigenvalue weighted by atomic mass is 16.7. The molecule has 0 saturated heterocycles. The van der Waals surface area contributed by atoms with Crippen molar-refractivity contribution in [3.8, 4) is 11.5 Å². The molecule has 5 nitrogen and oxygen atoms in total. The van der Waals surface area contributed by atoms with E-state index < -0.39 is 0 Å². The second-order valence-electron chi connectivity index (χ2n) is 3.33. The van der Waals surface area contributed by atoms with E-state index in [-0.39, 0.29) is 19.3 Å². The summed E-state index contributed by atoms with van der Waals surface area (Å²) < 4.78 is 15.1. The lowest BCUT2D eigenvalue weighted by Crippen LogP contribution is -2.23. The number of para-hydroxylation sites is 1. The molecule has 1 aromatic rings. The van der Waals surface area contributed by atoms with E-state index in [0.29, 0.717) is 6.54 Å². The van der Waals surface area contributed by atoms with Gasteiger partial charge in [-0.15, -0.1) is 0 Å². The molecule has 86 valence electrons. The summed E-state index contributed by atoms with van der Waals surface area (Å²) in [6, 6.07) is 5.67. The SMILES string of the molecule is COC(=O)CNCc1cccc2c1OCO2. The van der Waals surface area contributed by atoms with Crippen molar-refractivity contribution in [1.82, 2.24) is 5.32 Å². The molecule has 0 fully saturated rings. The number of esters is 1. The maximum absolute atomic E-state index is 10.9. The van der Waals surface area contributed by atoms with E-state index >= 15 is 0 Å². The maximum atomic E-state index is 10.9. The Bertz CT molecular complexity index is 392. The summed E-state index contributed by atoms with van der Waals surface area (Å²) in [4.78, 5) is 10.9. The van der Waals surface area contributed by atoms with Crippen LogP contribution in [0.1, 0.15) is 5.56 Å². The zero-order valence-electron chi connectivity index (χ0n) is 8.99. The van der Waals surface area contributed by atoms with Crippen LogP contribution in [0.25, 0.3) is 0 Å². The van der Waals surface area contributed by atoms with Crippen molar-refractivity contribution in [1.29, 1.82) is 0 Å². The van der Waals surface area contributed by atoms with Gasteiger partial charge in [0.1, 0.15) is 0 Å². The van der Waals surface area contributed by atoms with E-state index in [1.807, 2.05) is 18.2 Å². The van der Waals surface area contributed by atoms with Crippen molar-refractivity contribution in [2.45, 2.75) is 6.54 Å². The van der Waals surface area contributed by atoms with Crippen molar-refractivity contribution < 1.29 is 19.0 Å². The number of hydrogen-bond acceptors (Lipinski definition) is 5. The molecule has 0 bridgehead atoms. The molecule has 0 spiro atoms. The molecule has 0 saturated carbocycles. The molecule has 16 heavy (non-hydrogen) atoms. The van der Waals surface area contributed by atoms with Crippen LogP contribution in [0, 0.1) is 0 Å². The van der Waals surface area contributed by atoms with Gasteiger partial charge in [-0.1, -0.05) is 12.1 Å². The van der Waals surface area contributed by atoms with Gasteiger partial charge in [0.15, 0.2) is 11.5 Å². The Morgan fingerprint density at radius 3 is 3.19 bits per heavy atom. The smallest absolute Gasteiger partial charge is 0.319 e. The zero-order valence-corrected chi connectivity index (χ0v) is 8.99. The molecule has 5 heteroatoms. The Morgan fingerprint density at radius 1 is 1.50 bits per heavy atom. The molecule has 0 atom stereocenters. The number of benzene rings is 1. The van der Waals surface area contributed by atoms with Crippen LogP contribution in [-0.4, -0.2) is 26.4 Å². The van der Waals surface area contributed by atoms with Crippen LogP contribution in [0.15, 0.2) is 18.2 Å². The highest BCUT2D eigenvalue weighted by Gasteiger charge is 2.16. The van der Waals surface area contributed by atoms with Crippen LogP contribution in [0.4, 0.5) is 0 Å². The zero-order chi connectivity index (χ0) is 11.4. The number of ether oxygens (including phenoxy) is 3. The molecule has 0 radical (unpaired) electrons. The number of hydrogen-bond donors (Lipinski definition) is 1. The molecule has 1 aromatic carbocycles. The van der Waals surface area contributed by atoms with Gasteiger partial charge in [0, 0.05) is 12.1 Å². The van der Waals surface area contributed by atoms with Gasteiger partial charge in [-0.05, 0) is 6.07 Å². The third-order valence-corrected chi connectivity index (χ3v) is 2.29. The quantitative estimate of drug-likeness (QED) is 0.760. The average molecular weight is 223 g/mol. The highest BCUT2D eigenvalue weighted by Crippen LogP contribution is 2.34. The molecular weight excluding hydrogens is 210 g/mol. The number of carbonyl (C=O) groups excluding carboxylic acids is 1. The van der Waals surface area contributed by atoms with E-state index in [4.69, 9.17) is 9.47 Å². The molecule has 0 aliphatic carbocycles. The van der Waals surface area contributed by atoms with Crippen LogP contribution in [0.2, 0.25) is 0 Å². The lowest BCUT2D eigenvalue weighted by Gasteiger charge is -2.06. The standard InChI is InChI=1S/C11H13NO4/c1-14-10(13)6-12-5-8-3-2-4-9-11(8)16-7-15-9/h2-4,12H,5-7H2,1H3. The summed E-state index contributed by atoms with van der Waals surface area (Å²) in [7, 11) is 1.36. The molecule has 1 N–H and O–H groups in total. The number of nitrogens with one attached hydrogen (secondary N) is 1. The van der Waals surface area contributed by atoms with E-state index in [1.165, 1.54) is 7.11 Å². The Morgan fingerprint density at radius 2 is 2.38 bits per heavy atom. The summed E-state index contributed by atoms with van der Waals surface area (Å²) in [5, 5.41) is 2.97. The Kier molecular flexibility index (Phi) is 3.26. The topological polar surface area (TPSA) is 56.8 Å². The number of rotatable bonds is 4. The van der Waals surface area contributed by atoms with Gasteiger partial charge < -0.3 is 19.5 Å². The predicted octanol–water partition coefficient (Wildman–Crippen LogP) is 0.678. The first-order valence-electron chi connectivity index (χ1n) is 4.96.